The minimum atomic E-state index is -0.270. The molecular weight excluding hydrogens is 332 g/mol. The van der Waals surface area contributed by atoms with Gasteiger partial charge < -0.3 is 10.2 Å². The third-order valence-corrected chi connectivity index (χ3v) is 5.15. The minimum Gasteiger partial charge on any atom is -0.323 e. The van der Waals surface area contributed by atoms with Crippen molar-refractivity contribution in [2.75, 3.05) is 22.5 Å². The first-order valence-corrected chi connectivity index (χ1v) is 9.16. The molecule has 0 radical (unpaired) electrons. The minimum absolute atomic E-state index is 0.0193. The van der Waals surface area contributed by atoms with Gasteiger partial charge in [-0.3, -0.25) is 9.59 Å². The Morgan fingerprint density at radius 1 is 1.20 bits per heavy atom. The average molecular weight is 352 g/mol. The van der Waals surface area contributed by atoms with Gasteiger partial charge in [-0.2, -0.15) is 0 Å². The maximum Gasteiger partial charge on any atom is 0.258 e. The van der Waals surface area contributed by atoms with Crippen molar-refractivity contribution in [3.8, 4) is 0 Å². The maximum atomic E-state index is 13.0. The Bertz CT molecular complexity index is 815. The predicted molar refractivity (Wildman–Crippen MR) is 103 cm³/mol. The van der Waals surface area contributed by atoms with Crippen LogP contribution in [0.4, 0.5) is 11.4 Å². The number of anilines is 2. The number of amides is 2. The second-order valence-corrected chi connectivity index (χ2v) is 7.04. The van der Waals surface area contributed by atoms with E-state index in [1.807, 2.05) is 17.0 Å². The molecule has 0 fully saturated rings. The Morgan fingerprint density at radius 2 is 1.96 bits per heavy atom. The van der Waals surface area contributed by atoms with Gasteiger partial charge in [0.05, 0.1) is 5.69 Å². The first kappa shape index (κ1) is 17.3. The fraction of sp³-hybridized carbons (Fsp3) is 0.200. The van der Waals surface area contributed by atoms with Crippen LogP contribution in [-0.2, 0) is 4.79 Å². The molecule has 3 rings (SSSR count). The number of hydrogen-bond acceptors (Lipinski definition) is 3. The molecule has 2 amide bonds. The van der Waals surface area contributed by atoms with Crippen LogP contribution in [0.1, 0.15) is 22.3 Å². The molecule has 0 saturated heterocycles. The van der Waals surface area contributed by atoms with E-state index in [0.29, 0.717) is 17.8 Å². The van der Waals surface area contributed by atoms with Gasteiger partial charge >= 0.3 is 0 Å². The quantitative estimate of drug-likeness (QED) is 0.840. The standard InChI is InChI=1S/C20H20N2O2S/c1-3-19(23)21-16-8-6-15(7-9-16)20(24)22-11-4-12-25-18-13-14(2)5-10-17(18)22/h3,5-10,13H,1,4,11-12H2,2H3,(H,21,23). The zero-order valence-electron chi connectivity index (χ0n) is 14.1. The molecule has 4 nitrogen and oxygen atoms in total. The number of carbonyl (C=O) groups excluding carboxylic acids is 2. The number of nitrogens with zero attached hydrogens (tertiary/aromatic N) is 1. The smallest absolute Gasteiger partial charge is 0.258 e. The van der Waals surface area contributed by atoms with E-state index in [1.54, 1.807) is 36.0 Å². The van der Waals surface area contributed by atoms with E-state index in [1.165, 1.54) is 11.6 Å². The van der Waals surface area contributed by atoms with Crippen molar-refractivity contribution >= 4 is 35.0 Å². The van der Waals surface area contributed by atoms with Crippen molar-refractivity contribution in [3.05, 3.63) is 66.2 Å². The molecule has 128 valence electrons. The number of thioether (sulfide) groups is 1. The molecule has 0 atom stereocenters. The van der Waals surface area contributed by atoms with Crippen molar-refractivity contribution in [1.29, 1.82) is 0 Å². The zero-order chi connectivity index (χ0) is 17.8. The van der Waals surface area contributed by atoms with Gasteiger partial charge in [-0.15, -0.1) is 11.8 Å². The van der Waals surface area contributed by atoms with E-state index in [9.17, 15) is 9.59 Å². The van der Waals surface area contributed by atoms with Gasteiger partial charge in [0.25, 0.3) is 5.91 Å². The molecule has 0 bridgehead atoms. The van der Waals surface area contributed by atoms with Gasteiger partial charge in [-0.05, 0) is 67.1 Å². The number of carbonyl (C=O) groups is 2. The molecule has 0 aliphatic carbocycles. The van der Waals surface area contributed by atoms with E-state index in [4.69, 9.17) is 0 Å². The highest BCUT2D eigenvalue weighted by Crippen LogP contribution is 2.35. The molecule has 25 heavy (non-hydrogen) atoms. The number of fused-ring (bicyclic) bond motifs is 1. The SMILES string of the molecule is C=CC(=O)Nc1ccc(C(=O)N2CCCSc3cc(C)ccc32)cc1. The fourth-order valence-corrected chi connectivity index (χ4v) is 3.83. The first-order chi connectivity index (χ1) is 12.1. The highest BCUT2D eigenvalue weighted by molar-refractivity contribution is 7.99. The Hall–Kier alpha value is -2.53. The Morgan fingerprint density at radius 3 is 2.68 bits per heavy atom. The predicted octanol–water partition coefficient (Wildman–Crippen LogP) is 4.26. The summed E-state index contributed by atoms with van der Waals surface area (Å²) >= 11 is 1.80. The lowest BCUT2D eigenvalue weighted by Crippen LogP contribution is -2.31. The highest BCUT2D eigenvalue weighted by atomic mass is 32.2. The van der Waals surface area contributed by atoms with Gasteiger partial charge in [0, 0.05) is 22.7 Å². The van der Waals surface area contributed by atoms with Crippen LogP contribution < -0.4 is 10.2 Å². The Kier molecular flexibility index (Phi) is 5.24. The summed E-state index contributed by atoms with van der Waals surface area (Å²) in [5, 5.41) is 2.68. The molecule has 1 heterocycles. The lowest BCUT2D eigenvalue weighted by Gasteiger charge is -2.23. The van der Waals surface area contributed by atoms with Gasteiger partial charge in [-0.1, -0.05) is 12.6 Å². The van der Waals surface area contributed by atoms with Crippen molar-refractivity contribution in [3.63, 3.8) is 0 Å². The van der Waals surface area contributed by atoms with Crippen molar-refractivity contribution in [2.24, 2.45) is 0 Å². The van der Waals surface area contributed by atoms with Crippen LogP contribution in [0.3, 0.4) is 0 Å². The number of nitrogens with one attached hydrogen (secondary N) is 1. The van der Waals surface area contributed by atoms with Crippen LogP contribution in [0.5, 0.6) is 0 Å². The van der Waals surface area contributed by atoms with Crippen molar-refractivity contribution < 1.29 is 9.59 Å². The number of hydrogen-bond donors (Lipinski definition) is 1. The van der Waals surface area contributed by atoms with Crippen molar-refractivity contribution in [2.45, 2.75) is 18.2 Å². The zero-order valence-corrected chi connectivity index (χ0v) is 14.9. The molecule has 0 spiro atoms. The normalized spacial score (nSPS) is 13.6. The summed E-state index contributed by atoms with van der Waals surface area (Å²) in [6.07, 6.45) is 2.17. The van der Waals surface area contributed by atoms with Gasteiger partial charge in [0.15, 0.2) is 0 Å². The number of benzene rings is 2. The fourth-order valence-electron chi connectivity index (χ4n) is 2.74. The van der Waals surface area contributed by atoms with Crippen LogP contribution in [-0.4, -0.2) is 24.1 Å². The molecule has 1 aliphatic heterocycles. The van der Waals surface area contributed by atoms with Crippen LogP contribution in [0, 0.1) is 6.92 Å². The lowest BCUT2D eigenvalue weighted by atomic mass is 10.1. The van der Waals surface area contributed by atoms with Crippen LogP contribution in [0.15, 0.2) is 60.0 Å². The average Bonchev–Trinajstić information content (AvgIpc) is 2.83. The van der Waals surface area contributed by atoms with E-state index in [2.05, 4.69) is 24.9 Å². The van der Waals surface area contributed by atoms with E-state index < -0.39 is 0 Å². The molecule has 1 N–H and O–H groups in total. The lowest BCUT2D eigenvalue weighted by molar-refractivity contribution is -0.111. The van der Waals surface area contributed by atoms with Crippen LogP contribution in [0.2, 0.25) is 0 Å². The van der Waals surface area contributed by atoms with Crippen LogP contribution in [0.25, 0.3) is 0 Å². The molecule has 0 saturated carbocycles. The third-order valence-electron chi connectivity index (χ3n) is 4.02. The summed E-state index contributed by atoms with van der Waals surface area (Å²) in [7, 11) is 0. The highest BCUT2D eigenvalue weighted by Gasteiger charge is 2.22. The third kappa shape index (κ3) is 3.94. The topological polar surface area (TPSA) is 49.4 Å². The van der Waals surface area contributed by atoms with Crippen molar-refractivity contribution in [1.82, 2.24) is 0 Å². The monoisotopic (exact) mass is 352 g/mol. The molecular formula is C20H20N2O2S. The van der Waals surface area contributed by atoms with E-state index in [-0.39, 0.29) is 11.8 Å². The van der Waals surface area contributed by atoms with Gasteiger partial charge in [-0.25, -0.2) is 0 Å². The van der Waals surface area contributed by atoms with Crippen LogP contribution >= 0.6 is 11.8 Å². The van der Waals surface area contributed by atoms with Gasteiger partial charge in [0.2, 0.25) is 5.91 Å². The summed E-state index contributed by atoms with van der Waals surface area (Å²) in [4.78, 5) is 27.4. The first-order valence-electron chi connectivity index (χ1n) is 8.17. The Labute approximate surface area is 151 Å². The largest absolute Gasteiger partial charge is 0.323 e. The Balaban J connectivity index is 1.85. The number of aryl methyl sites for hydroxylation is 1. The summed E-state index contributed by atoms with van der Waals surface area (Å²) < 4.78 is 0. The van der Waals surface area contributed by atoms with Gasteiger partial charge in [0.1, 0.15) is 0 Å². The summed E-state index contributed by atoms with van der Waals surface area (Å²) in [6, 6.07) is 13.2. The second-order valence-electron chi connectivity index (χ2n) is 5.90. The van der Waals surface area contributed by atoms with E-state index in [0.717, 1.165) is 22.8 Å². The molecule has 5 heteroatoms. The van der Waals surface area contributed by atoms with E-state index >= 15 is 0 Å². The summed E-state index contributed by atoms with van der Waals surface area (Å²) in [6.45, 7) is 6.19. The maximum absolute atomic E-state index is 13.0. The molecule has 0 unspecified atom stereocenters. The summed E-state index contributed by atoms with van der Waals surface area (Å²) in [5.74, 6) is 0.717. The second kappa shape index (κ2) is 7.57. The molecule has 2 aromatic rings. The molecule has 2 aromatic carbocycles. The number of rotatable bonds is 3. The molecule has 1 aliphatic rings. The molecule has 0 aromatic heterocycles. The summed E-state index contributed by atoms with van der Waals surface area (Å²) in [5.41, 5.74) is 3.42.